The van der Waals surface area contributed by atoms with E-state index in [9.17, 15) is 42.1 Å². The van der Waals surface area contributed by atoms with Gasteiger partial charge in [0.1, 0.15) is 29.3 Å². The summed E-state index contributed by atoms with van der Waals surface area (Å²) in [6.45, 7) is 1.78. The van der Waals surface area contributed by atoms with Crippen LogP contribution in [0.15, 0.2) is 77.7 Å². The molecule has 50 heavy (non-hydrogen) atoms. The van der Waals surface area contributed by atoms with Crippen LogP contribution < -0.4 is 21.2 Å². The Morgan fingerprint density at radius 3 is 2.48 bits per heavy atom. The highest BCUT2D eigenvalue weighted by atomic mass is 31.2. The fourth-order valence-electron chi connectivity index (χ4n) is 4.90. The van der Waals surface area contributed by atoms with Gasteiger partial charge in [0.05, 0.1) is 18.1 Å². The molecule has 0 saturated carbocycles. The van der Waals surface area contributed by atoms with Crippen LogP contribution in [-0.2, 0) is 25.0 Å². The molecular formula is C31H30F4N5O9P. The summed E-state index contributed by atoms with van der Waals surface area (Å²) in [6.07, 6.45) is -5.63. The fourth-order valence-corrected chi connectivity index (χ4v) is 6.42. The zero-order chi connectivity index (χ0) is 36.4. The average Bonchev–Trinajstić information content (AvgIpc) is 3.26. The largest absolute Gasteiger partial charge is 0.450 e. The van der Waals surface area contributed by atoms with Gasteiger partial charge in [-0.05, 0) is 67.4 Å². The quantitative estimate of drug-likeness (QED) is 0.0661. The van der Waals surface area contributed by atoms with Crippen LogP contribution in [0.1, 0.15) is 25.6 Å². The van der Waals surface area contributed by atoms with Crippen molar-refractivity contribution in [1.82, 2.24) is 14.6 Å². The van der Waals surface area contributed by atoms with Gasteiger partial charge in [0.2, 0.25) is 12.0 Å². The topological polar surface area (TPSA) is 190 Å². The highest BCUT2D eigenvalue weighted by Gasteiger charge is 2.60. The predicted molar refractivity (Wildman–Crippen MR) is 169 cm³/mol. The van der Waals surface area contributed by atoms with Crippen LogP contribution in [0.25, 0.3) is 11.1 Å². The van der Waals surface area contributed by atoms with E-state index in [2.05, 4.69) is 10.1 Å². The van der Waals surface area contributed by atoms with E-state index >= 15 is 0 Å². The number of aliphatic hydroxyl groups excluding tert-OH is 1. The molecule has 4 N–H and O–H groups in total. The molecule has 4 aromatic rings. The molecule has 1 aromatic heterocycles. The monoisotopic (exact) mass is 723 g/mol. The molecule has 0 amide bonds. The van der Waals surface area contributed by atoms with Gasteiger partial charge in [-0.2, -0.15) is 13.8 Å². The van der Waals surface area contributed by atoms with E-state index in [0.717, 1.165) is 24.4 Å². The normalized spacial score (nSPS) is 19.7. The third-order valence-corrected chi connectivity index (χ3v) is 9.04. The first-order chi connectivity index (χ1) is 23.6. The maximum Gasteiger partial charge on any atom is 0.406 e. The molecule has 0 radical (unpaired) electrons. The lowest BCUT2D eigenvalue weighted by atomic mass is 10.0. The van der Waals surface area contributed by atoms with E-state index in [1.807, 2.05) is 0 Å². The summed E-state index contributed by atoms with van der Waals surface area (Å²) < 4.78 is 94.1. The number of aliphatic hydroxyl groups is 1. The van der Waals surface area contributed by atoms with Crippen LogP contribution in [0.4, 0.5) is 29.1 Å². The molecule has 2 heterocycles. The number of nitrogens with two attached hydrogens (primary N) is 1. The minimum Gasteiger partial charge on any atom is -0.450 e. The van der Waals surface area contributed by atoms with Crippen molar-refractivity contribution in [2.45, 2.75) is 50.9 Å². The SMILES string of the molecule is CC(C)NP(=O)(OCc1ccc([N+](=O)[O-])c(Oc2ccc(-c3ccc(F)cc3)c(F)c2)c1)OC[C@H]1O[C@@H](n2ccc(N)nc2=O)C(F)(F)[C@@H]1O. The zero-order valence-electron chi connectivity index (χ0n) is 26.2. The Bertz CT molecular complexity index is 1980. The van der Waals surface area contributed by atoms with E-state index in [1.165, 1.54) is 48.5 Å². The molecule has 1 aliphatic heterocycles. The summed E-state index contributed by atoms with van der Waals surface area (Å²) in [7, 11) is -4.36. The van der Waals surface area contributed by atoms with Gasteiger partial charge in [-0.25, -0.2) is 23.2 Å². The summed E-state index contributed by atoms with van der Waals surface area (Å²) in [5, 5.41) is 24.6. The van der Waals surface area contributed by atoms with Crippen molar-refractivity contribution in [2.24, 2.45) is 0 Å². The van der Waals surface area contributed by atoms with Crippen molar-refractivity contribution >= 4 is 19.3 Å². The Labute approximate surface area is 281 Å². The molecule has 14 nitrogen and oxygen atoms in total. The number of nitro benzene ring substituents is 1. The van der Waals surface area contributed by atoms with Crippen molar-refractivity contribution < 1.29 is 50.7 Å². The smallest absolute Gasteiger partial charge is 0.406 e. The zero-order valence-corrected chi connectivity index (χ0v) is 27.1. The standard InChI is InChI=1S/C31H30F4N5O9P/c1-17(2)38-50(45,47-16-26-28(41)31(34,35)29(49-26)39-12-11-27(36)37-30(39)42)46-15-18-3-10-24(40(43)44)25(13-18)48-21-8-9-22(23(33)14-21)19-4-6-20(32)7-5-19/h3-14,17,26,28-29,41H,15-16H2,1-2H3,(H,38,45)(H2,36,37,42)/t26-,28-,29-,50?/m1/s1. The van der Waals surface area contributed by atoms with Crippen LogP contribution in [0, 0.1) is 21.7 Å². The van der Waals surface area contributed by atoms with Gasteiger partial charge >= 0.3 is 25.0 Å². The molecule has 266 valence electrons. The second-order valence-electron chi connectivity index (χ2n) is 11.3. The second kappa shape index (κ2) is 14.6. The number of nitrogen functional groups attached to an aromatic ring is 1. The van der Waals surface area contributed by atoms with Crippen LogP contribution >= 0.6 is 7.75 Å². The molecular weight excluding hydrogens is 693 g/mol. The van der Waals surface area contributed by atoms with E-state index < -0.39 is 79.3 Å². The third kappa shape index (κ3) is 8.18. The molecule has 1 unspecified atom stereocenters. The number of aromatic nitrogens is 2. The van der Waals surface area contributed by atoms with Crippen molar-refractivity contribution in [2.75, 3.05) is 12.3 Å². The van der Waals surface area contributed by atoms with Gasteiger partial charge in [-0.3, -0.25) is 23.7 Å². The molecule has 0 aliphatic carbocycles. The highest BCUT2D eigenvalue weighted by molar-refractivity contribution is 7.51. The number of hydrogen-bond acceptors (Lipinski definition) is 11. The van der Waals surface area contributed by atoms with Crippen molar-refractivity contribution in [3.8, 4) is 22.6 Å². The molecule has 1 saturated heterocycles. The molecule has 19 heteroatoms. The first-order valence-electron chi connectivity index (χ1n) is 14.8. The second-order valence-corrected chi connectivity index (χ2v) is 13.1. The molecule has 0 spiro atoms. The number of hydrogen-bond donors (Lipinski definition) is 3. The summed E-state index contributed by atoms with van der Waals surface area (Å²) in [5.41, 5.74) is 4.47. The maximum atomic E-state index is 15.0. The number of alkyl halides is 2. The van der Waals surface area contributed by atoms with Crippen LogP contribution in [0.2, 0.25) is 0 Å². The average molecular weight is 724 g/mol. The summed E-state index contributed by atoms with van der Waals surface area (Å²) in [5.74, 6) is -5.88. The molecule has 5 rings (SSSR count). The first kappa shape index (κ1) is 36.6. The van der Waals surface area contributed by atoms with Crippen molar-refractivity contribution in [3.05, 3.63) is 111 Å². The molecule has 4 atom stereocenters. The van der Waals surface area contributed by atoms with Gasteiger partial charge in [0.15, 0.2) is 6.10 Å². The van der Waals surface area contributed by atoms with E-state index in [0.29, 0.717) is 10.1 Å². The van der Waals surface area contributed by atoms with Gasteiger partial charge in [0, 0.05) is 29.9 Å². The van der Waals surface area contributed by atoms with Gasteiger partial charge < -0.3 is 20.3 Å². The Hall–Kier alpha value is -4.71. The van der Waals surface area contributed by atoms with Crippen molar-refractivity contribution in [3.63, 3.8) is 0 Å². The number of rotatable bonds is 13. The van der Waals surface area contributed by atoms with Crippen LogP contribution in [0.5, 0.6) is 11.5 Å². The number of halogens is 4. The third-order valence-electron chi connectivity index (χ3n) is 7.25. The lowest BCUT2D eigenvalue weighted by Crippen LogP contribution is -2.42. The van der Waals surface area contributed by atoms with Crippen LogP contribution in [-0.4, -0.2) is 50.4 Å². The predicted octanol–water partition coefficient (Wildman–Crippen LogP) is 5.70. The molecule has 1 aliphatic rings. The van der Waals surface area contributed by atoms with E-state index in [-0.39, 0.29) is 28.4 Å². The Kier molecular flexibility index (Phi) is 10.7. The molecule has 1 fully saturated rings. The van der Waals surface area contributed by atoms with E-state index in [1.54, 1.807) is 13.8 Å². The summed E-state index contributed by atoms with van der Waals surface area (Å²) >= 11 is 0. The number of nitrogens with zero attached hydrogens (tertiary/aromatic N) is 3. The summed E-state index contributed by atoms with van der Waals surface area (Å²) in [4.78, 5) is 26.5. The summed E-state index contributed by atoms with van der Waals surface area (Å²) in [6, 6.07) is 12.9. The molecule has 3 aromatic carbocycles. The minimum absolute atomic E-state index is 0.104. The number of benzene rings is 3. The lowest BCUT2D eigenvalue weighted by molar-refractivity contribution is -0.385. The first-order valence-corrected chi connectivity index (χ1v) is 16.3. The number of anilines is 1. The van der Waals surface area contributed by atoms with Crippen LogP contribution in [0.3, 0.4) is 0 Å². The van der Waals surface area contributed by atoms with Gasteiger partial charge in [0.25, 0.3) is 0 Å². The van der Waals surface area contributed by atoms with Gasteiger partial charge in [-0.15, -0.1) is 0 Å². The number of ether oxygens (including phenoxy) is 2. The maximum absolute atomic E-state index is 15.0. The Balaban J connectivity index is 1.30. The van der Waals surface area contributed by atoms with E-state index in [4.69, 9.17) is 24.3 Å². The highest BCUT2D eigenvalue weighted by Crippen LogP contribution is 2.48. The Morgan fingerprint density at radius 1 is 1.12 bits per heavy atom. The Morgan fingerprint density at radius 2 is 1.84 bits per heavy atom. The fraction of sp³-hybridized carbons (Fsp3) is 0.290. The number of nitro groups is 1. The van der Waals surface area contributed by atoms with Crippen molar-refractivity contribution in [1.29, 1.82) is 0 Å². The lowest BCUT2D eigenvalue weighted by Gasteiger charge is -2.23. The molecule has 0 bridgehead atoms. The van der Waals surface area contributed by atoms with Gasteiger partial charge in [-0.1, -0.05) is 12.1 Å². The minimum atomic E-state index is -4.36. The number of nitrogens with one attached hydrogen (secondary N) is 1.